The molecule has 6 heteroatoms. The van der Waals surface area contributed by atoms with Crippen molar-refractivity contribution >= 4 is 5.97 Å². The SMILES string of the molecule is COc1ccc(OC)c(C(C(=O)O)N2CCC(O)(c3ccccc3)CC2)c1. The first-order valence-electron chi connectivity index (χ1n) is 8.95. The van der Waals surface area contributed by atoms with Crippen molar-refractivity contribution in [3.05, 3.63) is 59.7 Å². The van der Waals surface area contributed by atoms with Gasteiger partial charge in [-0.1, -0.05) is 30.3 Å². The summed E-state index contributed by atoms with van der Waals surface area (Å²) in [6.07, 6.45) is 0.931. The monoisotopic (exact) mass is 371 g/mol. The Bertz CT molecular complexity index is 784. The van der Waals surface area contributed by atoms with E-state index in [1.807, 2.05) is 35.2 Å². The van der Waals surface area contributed by atoms with Crippen LogP contribution < -0.4 is 9.47 Å². The van der Waals surface area contributed by atoms with Crippen LogP contribution in [0.4, 0.5) is 0 Å². The lowest BCUT2D eigenvalue weighted by Gasteiger charge is -2.41. The zero-order valence-electron chi connectivity index (χ0n) is 15.6. The Balaban J connectivity index is 1.85. The Morgan fingerprint density at radius 3 is 2.30 bits per heavy atom. The van der Waals surface area contributed by atoms with Gasteiger partial charge >= 0.3 is 5.97 Å². The Kier molecular flexibility index (Phi) is 5.68. The molecule has 0 bridgehead atoms. The number of carboxylic acids is 1. The molecule has 1 saturated heterocycles. The Labute approximate surface area is 159 Å². The van der Waals surface area contributed by atoms with E-state index in [2.05, 4.69) is 0 Å². The zero-order chi connectivity index (χ0) is 19.4. The normalized spacial score (nSPS) is 17.9. The molecule has 0 radical (unpaired) electrons. The average molecular weight is 371 g/mol. The van der Waals surface area contributed by atoms with Crippen LogP contribution in [0, 0.1) is 0 Å². The molecule has 144 valence electrons. The van der Waals surface area contributed by atoms with Crippen LogP contribution in [0.25, 0.3) is 0 Å². The summed E-state index contributed by atoms with van der Waals surface area (Å²) in [4.78, 5) is 14.0. The molecular formula is C21H25NO5. The second kappa shape index (κ2) is 7.98. The standard InChI is InChI=1S/C21H25NO5/c1-26-16-8-9-18(27-2)17(14-16)19(20(23)24)22-12-10-21(25,11-13-22)15-6-4-3-5-7-15/h3-9,14,19,25H,10-13H2,1-2H3,(H,23,24). The third-order valence-corrected chi connectivity index (χ3v) is 5.27. The number of methoxy groups -OCH3 is 2. The van der Waals surface area contributed by atoms with Crippen molar-refractivity contribution in [1.29, 1.82) is 0 Å². The van der Waals surface area contributed by atoms with Gasteiger partial charge in [0, 0.05) is 18.7 Å². The Morgan fingerprint density at radius 2 is 1.74 bits per heavy atom. The number of piperidine rings is 1. The summed E-state index contributed by atoms with van der Waals surface area (Å²) in [5, 5.41) is 20.9. The number of likely N-dealkylation sites (tertiary alicyclic amines) is 1. The summed E-state index contributed by atoms with van der Waals surface area (Å²) < 4.78 is 10.6. The van der Waals surface area contributed by atoms with E-state index < -0.39 is 17.6 Å². The highest BCUT2D eigenvalue weighted by Gasteiger charge is 2.39. The molecule has 1 heterocycles. The predicted octanol–water partition coefficient (Wildman–Crippen LogP) is 2.81. The van der Waals surface area contributed by atoms with Crippen molar-refractivity contribution < 1.29 is 24.5 Å². The number of nitrogens with zero attached hydrogens (tertiary/aromatic N) is 1. The molecule has 2 aromatic rings. The van der Waals surface area contributed by atoms with Crippen molar-refractivity contribution in [2.24, 2.45) is 0 Å². The quantitative estimate of drug-likeness (QED) is 0.813. The van der Waals surface area contributed by atoms with E-state index in [0.717, 1.165) is 5.56 Å². The van der Waals surface area contributed by atoms with Crippen LogP contribution >= 0.6 is 0 Å². The number of ether oxygens (including phenoxy) is 2. The lowest BCUT2D eigenvalue weighted by Crippen LogP contribution is -2.46. The molecule has 0 amide bonds. The highest BCUT2D eigenvalue weighted by Crippen LogP contribution is 2.38. The van der Waals surface area contributed by atoms with Gasteiger partial charge in [0.2, 0.25) is 0 Å². The molecule has 0 aliphatic carbocycles. The van der Waals surface area contributed by atoms with E-state index in [9.17, 15) is 15.0 Å². The number of aliphatic hydroxyl groups is 1. The van der Waals surface area contributed by atoms with E-state index in [4.69, 9.17) is 9.47 Å². The number of carbonyl (C=O) groups is 1. The fourth-order valence-electron chi connectivity index (χ4n) is 3.73. The van der Waals surface area contributed by atoms with Crippen LogP contribution in [-0.2, 0) is 10.4 Å². The molecule has 2 N–H and O–H groups in total. The van der Waals surface area contributed by atoms with Crippen LogP contribution in [0.15, 0.2) is 48.5 Å². The first-order valence-corrected chi connectivity index (χ1v) is 8.95. The zero-order valence-corrected chi connectivity index (χ0v) is 15.6. The highest BCUT2D eigenvalue weighted by molar-refractivity contribution is 5.77. The molecule has 27 heavy (non-hydrogen) atoms. The fourth-order valence-corrected chi connectivity index (χ4v) is 3.73. The van der Waals surface area contributed by atoms with Crippen molar-refractivity contribution in [2.45, 2.75) is 24.5 Å². The number of carboxylic acid groups (broad SMARTS) is 1. The lowest BCUT2D eigenvalue weighted by atomic mass is 9.83. The van der Waals surface area contributed by atoms with Gasteiger partial charge in [-0.15, -0.1) is 0 Å². The minimum atomic E-state index is -0.952. The summed E-state index contributed by atoms with van der Waals surface area (Å²) >= 11 is 0. The smallest absolute Gasteiger partial charge is 0.325 e. The minimum Gasteiger partial charge on any atom is -0.497 e. The first kappa shape index (κ1) is 19.2. The molecule has 1 aliphatic rings. The van der Waals surface area contributed by atoms with Crippen LogP contribution in [0.1, 0.15) is 30.0 Å². The third-order valence-electron chi connectivity index (χ3n) is 5.27. The largest absolute Gasteiger partial charge is 0.497 e. The topological polar surface area (TPSA) is 79.2 Å². The molecule has 1 unspecified atom stereocenters. The molecule has 6 nitrogen and oxygen atoms in total. The van der Waals surface area contributed by atoms with E-state index in [-0.39, 0.29) is 0 Å². The van der Waals surface area contributed by atoms with Gasteiger partial charge in [-0.3, -0.25) is 9.69 Å². The van der Waals surface area contributed by atoms with Crippen molar-refractivity contribution in [3.63, 3.8) is 0 Å². The van der Waals surface area contributed by atoms with Gasteiger partial charge in [-0.25, -0.2) is 0 Å². The number of benzene rings is 2. The molecule has 1 atom stereocenters. The van der Waals surface area contributed by atoms with Gasteiger partial charge in [0.05, 0.1) is 19.8 Å². The van der Waals surface area contributed by atoms with Gasteiger partial charge in [0.1, 0.15) is 17.5 Å². The van der Waals surface area contributed by atoms with Crippen molar-refractivity contribution in [1.82, 2.24) is 4.90 Å². The summed E-state index contributed by atoms with van der Waals surface area (Å²) in [6.45, 7) is 0.922. The lowest BCUT2D eigenvalue weighted by molar-refractivity contribution is -0.146. The molecule has 3 rings (SSSR count). The van der Waals surface area contributed by atoms with Crippen molar-refractivity contribution in [2.75, 3.05) is 27.3 Å². The van der Waals surface area contributed by atoms with Gasteiger partial charge in [-0.05, 0) is 36.6 Å². The molecule has 1 aliphatic heterocycles. The van der Waals surface area contributed by atoms with Crippen molar-refractivity contribution in [3.8, 4) is 11.5 Å². The van der Waals surface area contributed by atoms with E-state index in [1.165, 1.54) is 7.11 Å². The molecule has 1 fully saturated rings. The predicted molar refractivity (Wildman–Crippen MR) is 101 cm³/mol. The maximum Gasteiger partial charge on any atom is 0.325 e. The van der Waals surface area contributed by atoms with Gasteiger partial charge in [-0.2, -0.15) is 0 Å². The number of rotatable bonds is 6. The molecule has 0 spiro atoms. The Morgan fingerprint density at radius 1 is 1.07 bits per heavy atom. The van der Waals surface area contributed by atoms with Gasteiger partial charge in [0.25, 0.3) is 0 Å². The second-order valence-electron chi connectivity index (χ2n) is 6.78. The van der Waals surface area contributed by atoms with Crippen LogP contribution in [0.2, 0.25) is 0 Å². The number of aliphatic carboxylic acids is 1. The summed E-state index contributed by atoms with van der Waals surface area (Å²) in [6, 6.07) is 13.8. The average Bonchev–Trinajstić information content (AvgIpc) is 2.70. The minimum absolute atomic E-state index is 0.461. The summed E-state index contributed by atoms with van der Waals surface area (Å²) in [7, 11) is 3.07. The maximum atomic E-state index is 12.1. The number of hydrogen-bond donors (Lipinski definition) is 2. The first-order chi connectivity index (χ1) is 13.0. The highest BCUT2D eigenvalue weighted by atomic mass is 16.5. The molecule has 0 saturated carbocycles. The molecular weight excluding hydrogens is 346 g/mol. The van der Waals surface area contributed by atoms with Gasteiger partial charge < -0.3 is 19.7 Å². The van der Waals surface area contributed by atoms with E-state index >= 15 is 0 Å². The van der Waals surface area contributed by atoms with Crippen LogP contribution in [0.5, 0.6) is 11.5 Å². The van der Waals surface area contributed by atoms with Crippen LogP contribution in [0.3, 0.4) is 0 Å². The maximum absolute atomic E-state index is 12.1. The fraction of sp³-hybridized carbons (Fsp3) is 0.381. The van der Waals surface area contributed by atoms with E-state index in [0.29, 0.717) is 43.0 Å². The second-order valence-corrected chi connectivity index (χ2v) is 6.78. The summed E-state index contributed by atoms with van der Waals surface area (Å²) in [5.41, 5.74) is 0.490. The Hall–Kier alpha value is -2.57. The summed E-state index contributed by atoms with van der Waals surface area (Å²) in [5.74, 6) is 0.133. The van der Waals surface area contributed by atoms with Gasteiger partial charge in [0.15, 0.2) is 0 Å². The molecule has 2 aromatic carbocycles. The molecule has 0 aromatic heterocycles. The number of hydrogen-bond acceptors (Lipinski definition) is 5. The third kappa shape index (κ3) is 3.91. The van der Waals surface area contributed by atoms with Crippen LogP contribution in [-0.4, -0.2) is 48.4 Å². The van der Waals surface area contributed by atoms with E-state index in [1.54, 1.807) is 25.3 Å².